The Balaban J connectivity index is 2.17. The van der Waals surface area contributed by atoms with E-state index in [0.717, 1.165) is 11.1 Å². The summed E-state index contributed by atoms with van der Waals surface area (Å²) in [6, 6.07) is 15.1. The van der Waals surface area contributed by atoms with E-state index in [1.54, 1.807) is 10.8 Å². The van der Waals surface area contributed by atoms with E-state index in [-0.39, 0.29) is 0 Å². The minimum absolute atomic E-state index is 0.540. The molecule has 0 fully saturated rings. The smallest absolute Gasteiger partial charge is 0.183 e. The van der Waals surface area contributed by atoms with Gasteiger partial charge in [-0.3, -0.25) is 0 Å². The van der Waals surface area contributed by atoms with Crippen LogP contribution >= 0.6 is 23.2 Å². The molecule has 0 aliphatic carbocycles. The van der Waals surface area contributed by atoms with Gasteiger partial charge in [-0.25, -0.2) is 9.67 Å². The second-order valence-electron chi connectivity index (χ2n) is 4.69. The maximum absolute atomic E-state index is 6.28. The van der Waals surface area contributed by atoms with Gasteiger partial charge in [0.05, 0.1) is 16.6 Å². The Kier molecular flexibility index (Phi) is 4.27. The van der Waals surface area contributed by atoms with Gasteiger partial charge in [-0.15, -0.1) is 6.58 Å². The number of hydrogen-bond acceptors (Lipinski definition) is 2. The van der Waals surface area contributed by atoms with E-state index >= 15 is 0 Å². The molecule has 0 saturated carbocycles. The van der Waals surface area contributed by atoms with Gasteiger partial charge in [0.2, 0.25) is 0 Å². The van der Waals surface area contributed by atoms with Gasteiger partial charge < -0.3 is 0 Å². The quantitative estimate of drug-likeness (QED) is 0.623. The summed E-state index contributed by atoms with van der Waals surface area (Å²) < 4.78 is 1.77. The molecular formula is C17H13Cl2N3. The third-order valence-corrected chi connectivity index (χ3v) is 3.86. The average molecular weight is 330 g/mol. The number of rotatable bonds is 4. The zero-order valence-corrected chi connectivity index (χ0v) is 13.2. The Labute approximate surface area is 138 Å². The molecule has 0 bridgehead atoms. The zero-order valence-electron chi connectivity index (χ0n) is 11.7. The molecule has 2 aromatic carbocycles. The fraction of sp³-hybridized carbons (Fsp3) is 0.0588. The molecule has 0 unspecified atom stereocenters. The Morgan fingerprint density at radius 2 is 1.55 bits per heavy atom. The minimum Gasteiger partial charge on any atom is -0.241 e. The number of aromatic nitrogens is 3. The van der Waals surface area contributed by atoms with Crippen LogP contribution in [-0.2, 0) is 6.54 Å². The van der Waals surface area contributed by atoms with Crippen LogP contribution in [0, 0.1) is 0 Å². The third kappa shape index (κ3) is 2.78. The van der Waals surface area contributed by atoms with Crippen LogP contribution in [0.15, 0.2) is 61.2 Å². The summed E-state index contributed by atoms with van der Waals surface area (Å²) in [6.45, 7) is 4.30. The van der Waals surface area contributed by atoms with Crippen molar-refractivity contribution in [3.8, 4) is 22.8 Å². The van der Waals surface area contributed by atoms with Gasteiger partial charge in [0.15, 0.2) is 11.6 Å². The number of halogens is 2. The lowest BCUT2D eigenvalue weighted by molar-refractivity contribution is 0.711. The highest BCUT2D eigenvalue weighted by Crippen LogP contribution is 2.30. The van der Waals surface area contributed by atoms with E-state index in [1.807, 2.05) is 48.5 Å². The first-order valence-electron chi connectivity index (χ1n) is 6.76. The standard InChI is InChI=1S/C17H13Cl2N3/c1-2-11-22-17(13-8-4-6-10-15(13)19)20-16(21-22)12-7-3-5-9-14(12)18/h2-10H,1,11H2. The van der Waals surface area contributed by atoms with Gasteiger partial charge in [-0.2, -0.15) is 5.10 Å². The van der Waals surface area contributed by atoms with E-state index in [2.05, 4.69) is 16.7 Å². The minimum atomic E-state index is 0.540. The van der Waals surface area contributed by atoms with E-state index < -0.39 is 0 Å². The van der Waals surface area contributed by atoms with Crippen molar-refractivity contribution in [2.75, 3.05) is 0 Å². The van der Waals surface area contributed by atoms with Crippen molar-refractivity contribution in [3.63, 3.8) is 0 Å². The van der Waals surface area contributed by atoms with Crippen LogP contribution in [0.1, 0.15) is 0 Å². The second-order valence-corrected chi connectivity index (χ2v) is 5.50. The lowest BCUT2D eigenvalue weighted by atomic mass is 10.2. The number of allylic oxidation sites excluding steroid dienone is 1. The van der Waals surface area contributed by atoms with Crippen LogP contribution in [0.25, 0.3) is 22.8 Å². The Morgan fingerprint density at radius 1 is 0.955 bits per heavy atom. The molecule has 110 valence electrons. The number of hydrogen-bond donors (Lipinski definition) is 0. The van der Waals surface area contributed by atoms with Gasteiger partial charge in [0.1, 0.15) is 0 Å². The number of benzene rings is 2. The molecule has 5 heteroatoms. The molecule has 22 heavy (non-hydrogen) atoms. The fourth-order valence-corrected chi connectivity index (χ4v) is 2.63. The van der Waals surface area contributed by atoms with Gasteiger partial charge in [-0.1, -0.05) is 53.5 Å². The van der Waals surface area contributed by atoms with Crippen LogP contribution in [0.4, 0.5) is 0 Å². The first-order chi connectivity index (χ1) is 10.7. The molecule has 0 atom stereocenters. The Hall–Kier alpha value is -2.10. The summed E-state index contributed by atoms with van der Waals surface area (Å²) in [5.41, 5.74) is 1.62. The summed E-state index contributed by atoms with van der Waals surface area (Å²) >= 11 is 12.5. The maximum Gasteiger partial charge on any atom is 0.183 e. The number of nitrogens with zero attached hydrogens (tertiary/aromatic N) is 3. The molecule has 0 amide bonds. The molecule has 3 rings (SSSR count). The van der Waals surface area contributed by atoms with E-state index in [0.29, 0.717) is 28.2 Å². The zero-order chi connectivity index (χ0) is 15.5. The molecular weight excluding hydrogens is 317 g/mol. The predicted octanol–water partition coefficient (Wildman–Crippen LogP) is 5.10. The van der Waals surface area contributed by atoms with Crippen molar-refractivity contribution in [1.29, 1.82) is 0 Å². The normalized spacial score (nSPS) is 10.6. The van der Waals surface area contributed by atoms with Crippen molar-refractivity contribution in [2.24, 2.45) is 0 Å². The molecule has 0 saturated heterocycles. The van der Waals surface area contributed by atoms with Crippen molar-refractivity contribution in [1.82, 2.24) is 14.8 Å². The highest BCUT2D eigenvalue weighted by molar-refractivity contribution is 6.33. The van der Waals surface area contributed by atoms with Gasteiger partial charge in [0.25, 0.3) is 0 Å². The molecule has 0 aliphatic rings. The highest BCUT2D eigenvalue weighted by Gasteiger charge is 2.16. The predicted molar refractivity (Wildman–Crippen MR) is 91.1 cm³/mol. The summed E-state index contributed by atoms with van der Waals surface area (Å²) in [5.74, 6) is 1.27. The topological polar surface area (TPSA) is 30.7 Å². The average Bonchev–Trinajstić information content (AvgIpc) is 2.92. The van der Waals surface area contributed by atoms with Crippen molar-refractivity contribution in [3.05, 3.63) is 71.2 Å². The van der Waals surface area contributed by atoms with Crippen LogP contribution < -0.4 is 0 Å². The van der Waals surface area contributed by atoms with Crippen molar-refractivity contribution >= 4 is 23.2 Å². The van der Waals surface area contributed by atoms with E-state index in [1.165, 1.54) is 0 Å². The van der Waals surface area contributed by atoms with Gasteiger partial charge in [-0.05, 0) is 24.3 Å². The molecule has 0 spiro atoms. The van der Waals surface area contributed by atoms with Crippen LogP contribution in [0.5, 0.6) is 0 Å². The molecule has 0 aliphatic heterocycles. The molecule has 1 heterocycles. The summed E-state index contributed by atoms with van der Waals surface area (Å²) in [4.78, 5) is 4.63. The molecule has 3 aromatic rings. The molecule has 0 radical (unpaired) electrons. The first kappa shape index (κ1) is 14.8. The van der Waals surface area contributed by atoms with Crippen molar-refractivity contribution in [2.45, 2.75) is 6.54 Å². The molecule has 0 N–H and O–H groups in total. The fourth-order valence-electron chi connectivity index (χ4n) is 2.19. The lowest BCUT2D eigenvalue weighted by Gasteiger charge is -2.04. The Morgan fingerprint density at radius 3 is 2.14 bits per heavy atom. The SMILES string of the molecule is C=CCn1nc(-c2ccccc2Cl)nc1-c1ccccc1Cl. The third-order valence-electron chi connectivity index (χ3n) is 3.20. The monoisotopic (exact) mass is 329 g/mol. The van der Waals surface area contributed by atoms with Crippen LogP contribution in [-0.4, -0.2) is 14.8 Å². The lowest BCUT2D eigenvalue weighted by Crippen LogP contribution is -2.00. The van der Waals surface area contributed by atoms with E-state index in [9.17, 15) is 0 Å². The molecule has 3 nitrogen and oxygen atoms in total. The van der Waals surface area contributed by atoms with Crippen molar-refractivity contribution < 1.29 is 0 Å². The largest absolute Gasteiger partial charge is 0.241 e. The van der Waals surface area contributed by atoms with Crippen LogP contribution in [0.2, 0.25) is 10.0 Å². The summed E-state index contributed by atoms with van der Waals surface area (Å²) in [7, 11) is 0. The summed E-state index contributed by atoms with van der Waals surface area (Å²) in [5, 5.41) is 5.78. The Bertz CT molecular complexity index is 824. The first-order valence-corrected chi connectivity index (χ1v) is 7.52. The second kappa shape index (κ2) is 6.34. The maximum atomic E-state index is 6.28. The highest BCUT2D eigenvalue weighted by atomic mass is 35.5. The van der Waals surface area contributed by atoms with Crippen LogP contribution in [0.3, 0.4) is 0 Å². The van der Waals surface area contributed by atoms with Gasteiger partial charge in [0, 0.05) is 11.1 Å². The molecule has 1 aromatic heterocycles. The van der Waals surface area contributed by atoms with Gasteiger partial charge >= 0.3 is 0 Å². The van der Waals surface area contributed by atoms with E-state index in [4.69, 9.17) is 23.2 Å². The summed E-state index contributed by atoms with van der Waals surface area (Å²) in [6.07, 6.45) is 1.77.